The van der Waals surface area contributed by atoms with Crippen LogP contribution in [0, 0.1) is 22.7 Å². The fourth-order valence-corrected chi connectivity index (χ4v) is 5.74. The van der Waals surface area contributed by atoms with Crippen LogP contribution < -0.4 is 10.6 Å². The van der Waals surface area contributed by atoms with Crippen LogP contribution in [0.15, 0.2) is 76.4 Å². The van der Waals surface area contributed by atoms with Crippen LogP contribution in [0.25, 0.3) is 11.3 Å². The third-order valence-electron chi connectivity index (χ3n) is 6.41. The quantitative estimate of drug-likeness (QED) is 0.164. The third-order valence-corrected chi connectivity index (χ3v) is 7.91. The number of ketones is 1. The minimum Gasteiger partial charge on any atom is -0.464 e. The molecule has 2 amide bonds. The third kappa shape index (κ3) is 5.70. The number of rotatable bonds is 8. The molecule has 5 rings (SSSR count). The number of carbonyl (C=O) groups is 4. The number of amides is 2. The lowest BCUT2D eigenvalue weighted by Crippen LogP contribution is -2.31. The molecule has 0 saturated carbocycles. The van der Waals surface area contributed by atoms with Crippen molar-refractivity contribution >= 4 is 58.4 Å². The van der Waals surface area contributed by atoms with E-state index in [0.717, 1.165) is 16.7 Å². The maximum absolute atomic E-state index is 13.3. The Kier molecular flexibility index (Phi) is 8.25. The Morgan fingerprint density at radius 2 is 1.79 bits per heavy atom. The first-order valence-electron chi connectivity index (χ1n) is 12.5. The van der Waals surface area contributed by atoms with Crippen molar-refractivity contribution in [2.45, 2.75) is 16.7 Å². The molecular weight excluding hydrogens is 594 g/mol. The molecule has 3 heterocycles. The number of esters is 1. The zero-order valence-electron chi connectivity index (χ0n) is 21.9. The number of carbonyl (C=O) groups excluding carboxylic acids is 4. The van der Waals surface area contributed by atoms with Crippen LogP contribution in [0.5, 0.6) is 0 Å². The Morgan fingerprint density at radius 1 is 1.07 bits per heavy atom. The van der Waals surface area contributed by atoms with Gasteiger partial charge in [0.1, 0.15) is 34.3 Å². The lowest BCUT2D eigenvalue weighted by atomic mass is 10.0. The van der Waals surface area contributed by atoms with Crippen molar-refractivity contribution in [1.29, 1.82) is 10.5 Å². The molecule has 0 aliphatic carbocycles. The van der Waals surface area contributed by atoms with Crippen LogP contribution in [0.1, 0.15) is 38.3 Å². The molecule has 11 nitrogen and oxygen atoms in total. The van der Waals surface area contributed by atoms with Gasteiger partial charge in [-0.05, 0) is 48.5 Å². The minimum atomic E-state index is -0.940. The van der Waals surface area contributed by atoms with Crippen LogP contribution in [-0.4, -0.2) is 40.4 Å². The number of nitriles is 2. The van der Waals surface area contributed by atoms with Crippen LogP contribution in [-0.2, 0) is 14.3 Å². The van der Waals surface area contributed by atoms with Crippen LogP contribution >= 0.6 is 23.4 Å². The number of hydrogen-bond donors (Lipinski definition) is 1. The average Bonchev–Trinajstić information content (AvgIpc) is 3.63. The van der Waals surface area contributed by atoms with Gasteiger partial charge in [-0.25, -0.2) is 14.7 Å². The number of ether oxygens (including phenoxy) is 1. The smallest absolute Gasteiger partial charge is 0.338 e. The summed E-state index contributed by atoms with van der Waals surface area (Å²) in [5.41, 5.74) is 6.64. The second-order valence-corrected chi connectivity index (χ2v) is 10.6. The topological polar surface area (TPSA) is 180 Å². The Morgan fingerprint density at radius 3 is 2.44 bits per heavy atom. The van der Waals surface area contributed by atoms with Gasteiger partial charge in [0.2, 0.25) is 17.6 Å². The average molecular weight is 612 g/mol. The second kappa shape index (κ2) is 12.2. The van der Waals surface area contributed by atoms with Crippen molar-refractivity contribution in [2.24, 2.45) is 0 Å². The lowest BCUT2D eigenvalue weighted by molar-refractivity contribution is -0.121. The molecule has 1 aliphatic rings. The van der Waals surface area contributed by atoms with Gasteiger partial charge in [-0.1, -0.05) is 35.5 Å². The highest BCUT2D eigenvalue weighted by molar-refractivity contribution is 8.00. The van der Waals surface area contributed by atoms with Crippen molar-refractivity contribution in [1.82, 2.24) is 4.98 Å². The molecule has 212 valence electrons. The Balaban J connectivity index is 1.31. The summed E-state index contributed by atoms with van der Waals surface area (Å²) in [6.07, 6.45) is 1.18. The number of nitrogens with zero attached hydrogens (tertiary/aromatic N) is 4. The van der Waals surface area contributed by atoms with Crippen molar-refractivity contribution < 1.29 is 28.3 Å². The summed E-state index contributed by atoms with van der Waals surface area (Å²) < 4.78 is 10.5. The van der Waals surface area contributed by atoms with E-state index in [1.54, 1.807) is 30.3 Å². The summed E-state index contributed by atoms with van der Waals surface area (Å²) in [6, 6.07) is 19.0. The molecule has 1 unspecified atom stereocenters. The first-order valence-corrected chi connectivity index (χ1v) is 13.7. The minimum absolute atomic E-state index is 0.0136. The molecule has 2 N–H and O–H groups in total. The predicted molar refractivity (Wildman–Crippen MR) is 155 cm³/mol. The number of nitrogen functional groups attached to an aromatic ring is 1. The van der Waals surface area contributed by atoms with E-state index in [-0.39, 0.29) is 61.6 Å². The Bertz CT molecular complexity index is 1860. The van der Waals surface area contributed by atoms with Gasteiger partial charge in [0, 0.05) is 12.0 Å². The van der Waals surface area contributed by atoms with Crippen LogP contribution in [0.3, 0.4) is 0 Å². The number of aromatic nitrogens is 1. The normalized spacial score (nSPS) is 14.3. The number of anilines is 2. The summed E-state index contributed by atoms with van der Waals surface area (Å²) in [5.74, 6) is -2.24. The number of nitrogens with two attached hydrogens (primary N) is 1. The summed E-state index contributed by atoms with van der Waals surface area (Å²) in [7, 11) is 0. The van der Waals surface area contributed by atoms with E-state index in [0.29, 0.717) is 0 Å². The molecule has 43 heavy (non-hydrogen) atoms. The predicted octanol–water partition coefficient (Wildman–Crippen LogP) is 4.78. The van der Waals surface area contributed by atoms with Gasteiger partial charge in [-0.15, -0.1) is 0 Å². The van der Waals surface area contributed by atoms with Gasteiger partial charge >= 0.3 is 5.97 Å². The highest BCUT2D eigenvalue weighted by atomic mass is 35.5. The highest BCUT2D eigenvalue weighted by Gasteiger charge is 2.41. The molecule has 2 aromatic carbocycles. The standard InChI is InChI=1S/C30H18ClN5O6S/c31-21-5-2-1-4-18(21)22(37)15-42-30(40)16-7-9-17(10-8-16)36-25(38)12-24(29(36)39)43-28-20(14-33)26(23-6-3-11-41-23)19(13-32)27(34)35-28/h1-11,24H,12,15H2,(H2,34,35). The van der Waals surface area contributed by atoms with E-state index >= 15 is 0 Å². The fraction of sp³-hybridized carbons (Fsp3) is 0.100. The van der Waals surface area contributed by atoms with Gasteiger partial charge in [0.05, 0.1) is 38.9 Å². The van der Waals surface area contributed by atoms with Crippen molar-refractivity contribution in [2.75, 3.05) is 17.2 Å². The molecule has 1 atom stereocenters. The molecular formula is C30H18ClN5O6S. The zero-order valence-corrected chi connectivity index (χ0v) is 23.5. The van der Waals surface area contributed by atoms with Gasteiger partial charge in [-0.2, -0.15) is 10.5 Å². The summed E-state index contributed by atoms with van der Waals surface area (Å²) in [6.45, 7) is -0.521. The molecule has 4 aromatic rings. The molecule has 1 aliphatic heterocycles. The number of pyridine rings is 1. The monoisotopic (exact) mass is 611 g/mol. The summed E-state index contributed by atoms with van der Waals surface area (Å²) in [5, 5.41) is 18.9. The van der Waals surface area contributed by atoms with Gasteiger partial charge in [0.25, 0.3) is 0 Å². The number of furan rings is 1. The van der Waals surface area contributed by atoms with E-state index in [9.17, 15) is 29.7 Å². The van der Waals surface area contributed by atoms with E-state index < -0.39 is 35.4 Å². The molecule has 2 aromatic heterocycles. The zero-order chi connectivity index (χ0) is 30.7. The second-order valence-electron chi connectivity index (χ2n) is 9.03. The number of halogens is 1. The maximum atomic E-state index is 13.3. The number of hydrogen-bond acceptors (Lipinski definition) is 11. The van der Waals surface area contributed by atoms with Crippen LogP contribution in [0.2, 0.25) is 5.02 Å². The number of imide groups is 1. The first-order chi connectivity index (χ1) is 20.7. The Hall–Kier alpha value is -5.43. The van der Waals surface area contributed by atoms with Crippen LogP contribution in [0.4, 0.5) is 11.5 Å². The molecule has 13 heteroatoms. The number of thioether (sulfide) groups is 1. The van der Waals surface area contributed by atoms with Crippen molar-refractivity contribution in [3.8, 4) is 23.5 Å². The fourth-order valence-electron chi connectivity index (χ4n) is 4.38. The van der Waals surface area contributed by atoms with Crippen molar-refractivity contribution in [3.63, 3.8) is 0 Å². The Labute approximate surface area is 253 Å². The van der Waals surface area contributed by atoms with E-state index in [1.165, 1.54) is 36.6 Å². The van der Waals surface area contributed by atoms with Gasteiger partial charge < -0.3 is 14.9 Å². The summed E-state index contributed by atoms with van der Waals surface area (Å²) >= 11 is 6.89. The molecule has 0 bridgehead atoms. The van der Waals surface area contributed by atoms with Crippen molar-refractivity contribution in [3.05, 3.63) is 94.2 Å². The van der Waals surface area contributed by atoms with E-state index in [1.807, 2.05) is 12.1 Å². The lowest BCUT2D eigenvalue weighted by Gasteiger charge is -2.16. The largest absolute Gasteiger partial charge is 0.464 e. The van der Waals surface area contributed by atoms with E-state index in [4.69, 9.17) is 26.5 Å². The number of Topliss-reactive ketones (excluding diaryl/α,β-unsaturated/α-hetero) is 1. The van der Waals surface area contributed by atoms with Gasteiger partial charge in [0.15, 0.2) is 6.61 Å². The first kappa shape index (κ1) is 29.1. The molecule has 0 spiro atoms. The molecule has 0 radical (unpaired) electrons. The maximum Gasteiger partial charge on any atom is 0.338 e. The number of benzene rings is 2. The molecule has 1 saturated heterocycles. The van der Waals surface area contributed by atoms with E-state index in [2.05, 4.69) is 4.98 Å². The highest BCUT2D eigenvalue weighted by Crippen LogP contribution is 2.40. The molecule has 1 fully saturated rings. The van der Waals surface area contributed by atoms with Gasteiger partial charge in [-0.3, -0.25) is 14.4 Å². The summed E-state index contributed by atoms with van der Waals surface area (Å²) in [4.78, 5) is 56.2. The SMILES string of the molecule is N#Cc1c(N)nc(SC2CC(=O)N(c3ccc(C(=O)OCC(=O)c4ccccc4Cl)cc3)C2=O)c(C#N)c1-c1ccco1.